The van der Waals surface area contributed by atoms with Crippen LogP contribution in [0.2, 0.25) is 0 Å². The molecule has 0 saturated heterocycles. The number of fused-ring (bicyclic) bond motifs is 1. The summed E-state index contributed by atoms with van der Waals surface area (Å²) in [5.74, 6) is 0.351. The Labute approximate surface area is 83.6 Å². The lowest BCUT2D eigenvalue weighted by Crippen LogP contribution is -2.04. The molecule has 1 aromatic rings. The summed E-state index contributed by atoms with van der Waals surface area (Å²) in [6, 6.07) is 5.95. The molecule has 14 heavy (non-hydrogen) atoms. The molecule has 0 bridgehead atoms. The average Bonchev–Trinajstić information content (AvgIpc) is 2.43. The summed E-state index contributed by atoms with van der Waals surface area (Å²) in [6.07, 6.45) is -0.502. The Kier molecular flexibility index (Phi) is 2.16. The van der Waals surface area contributed by atoms with E-state index in [0.717, 1.165) is 11.1 Å². The summed E-state index contributed by atoms with van der Waals surface area (Å²) >= 11 is 0. The van der Waals surface area contributed by atoms with Crippen molar-refractivity contribution < 1.29 is 9.90 Å². The molecule has 74 valence electrons. The van der Waals surface area contributed by atoms with Gasteiger partial charge in [0.2, 0.25) is 0 Å². The van der Waals surface area contributed by atoms with E-state index in [2.05, 4.69) is 13.8 Å². The van der Waals surface area contributed by atoms with E-state index >= 15 is 0 Å². The van der Waals surface area contributed by atoms with Crippen molar-refractivity contribution in [3.63, 3.8) is 0 Å². The summed E-state index contributed by atoms with van der Waals surface area (Å²) in [7, 11) is 0. The van der Waals surface area contributed by atoms with Gasteiger partial charge in [-0.2, -0.15) is 0 Å². The molecule has 1 aliphatic carbocycles. The Morgan fingerprint density at radius 2 is 2.14 bits per heavy atom. The molecule has 1 aliphatic rings. The fraction of sp³-hybridized carbons (Fsp3) is 0.417. The zero-order chi connectivity index (χ0) is 10.3. The predicted octanol–water partition coefficient (Wildman–Crippen LogP) is 1.97. The van der Waals surface area contributed by atoms with E-state index in [1.807, 2.05) is 18.2 Å². The number of hydrogen-bond donors (Lipinski definition) is 1. The molecular weight excluding hydrogens is 176 g/mol. The minimum absolute atomic E-state index is 0.0825. The number of rotatable bonds is 1. The number of aliphatic hydroxyl groups excluding tert-OH is 1. The molecule has 0 aromatic heterocycles. The van der Waals surface area contributed by atoms with Gasteiger partial charge in [0.05, 0.1) is 0 Å². The molecule has 2 rings (SSSR count). The second-order valence-corrected chi connectivity index (χ2v) is 4.16. The highest BCUT2D eigenvalue weighted by molar-refractivity contribution is 5.91. The van der Waals surface area contributed by atoms with Gasteiger partial charge >= 0.3 is 0 Å². The third-order valence-electron chi connectivity index (χ3n) is 2.80. The van der Waals surface area contributed by atoms with Crippen LogP contribution in [0.15, 0.2) is 18.2 Å². The Morgan fingerprint density at radius 3 is 2.79 bits per heavy atom. The number of carbonyl (C=O) groups is 1. The normalized spacial score (nSPS) is 20.3. The van der Waals surface area contributed by atoms with Gasteiger partial charge in [0.15, 0.2) is 5.78 Å². The third kappa shape index (κ3) is 1.36. The first-order valence-corrected chi connectivity index (χ1v) is 4.93. The Hall–Kier alpha value is -1.15. The van der Waals surface area contributed by atoms with Crippen LogP contribution in [-0.4, -0.2) is 10.9 Å². The molecule has 2 nitrogen and oxygen atoms in total. The fourth-order valence-electron chi connectivity index (χ4n) is 1.85. The van der Waals surface area contributed by atoms with Crippen molar-refractivity contribution in [1.29, 1.82) is 0 Å². The number of aliphatic hydroxyl groups is 1. The first-order valence-electron chi connectivity index (χ1n) is 4.93. The van der Waals surface area contributed by atoms with E-state index in [4.69, 9.17) is 0 Å². The van der Waals surface area contributed by atoms with Gasteiger partial charge in [0.1, 0.15) is 6.10 Å². The monoisotopic (exact) mass is 190 g/mol. The van der Waals surface area contributed by atoms with Crippen molar-refractivity contribution in [1.82, 2.24) is 0 Å². The van der Waals surface area contributed by atoms with Crippen LogP contribution in [-0.2, 0) is 11.2 Å². The average molecular weight is 190 g/mol. The van der Waals surface area contributed by atoms with Gasteiger partial charge in [0.25, 0.3) is 0 Å². The van der Waals surface area contributed by atoms with Gasteiger partial charge in [-0.3, -0.25) is 4.79 Å². The molecule has 1 atom stereocenters. The molecule has 2 heteroatoms. The van der Waals surface area contributed by atoms with Crippen molar-refractivity contribution in [3.8, 4) is 0 Å². The van der Waals surface area contributed by atoms with E-state index in [1.54, 1.807) is 0 Å². The van der Waals surface area contributed by atoms with Crippen molar-refractivity contribution in [3.05, 3.63) is 34.9 Å². The van der Waals surface area contributed by atoms with Crippen LogP contribution >= 0.6 is 0 Å². The number of carbonyl (C=O) groups excluding carboxylic acids is 1. The van der Waals surface area contributed by atoms with E-state index in [9.17, 15) is 9.90 Å². The van der Waals surface area contributed by atoms with Gasteiger partial charge in [-0.25, -0.2) is 0 Å². The van der Waals surface area contributed by atoms with Crippen LogP contribution in [0.1, 0.15) is 42.6 Å². The Morgan fingerprint density at radius 1 is 1.43 bits per heavy atom. The van der Waals surface area contributed by atoms with Gasteiger partial charge in [-0.1, -0.05) is 32.0 Å². The fourth-order valence-corrected chi connectivity index (χ4v) is 1.85. The standard InChI is InChI=1S/C12H14O2/c1-7(2)8-3-4-9-6-11(13)12(14)10(9)5-8/h3-5,7,12,14H,6H2,1-2H3. The second-order valence-electron chi connectivity index (χ2n) is 4.16. The van der Waals surface area contributed by atoms with Crippen LogP contribution in [0.4, 0.5) is 0 Å². The quantitative estimate of drug-likeness (QED) is 0.735. The maximum absolute atomic E-state index is 11.3. The largest absolute Gasteiger partial charge is 0.381 e. The van der Waals surface area contributed by atoms with Gasteiger partial charge < -0.3 is 5.11 Å². The summed E-state index contributed by atoms with van der Waals surface area (Å²) in [5, 5.41) is 9.61. The Balaban J connectivity index is 2.46. The number of ketones is 1. The third-order valence-corrected chi connectivity index (χ3v) is 2.80. The van der Waals surface area contributed by atoms with Gasteiger partial charge in [-0.05, 0) is 22.6 Å². The van der Waals surface area contributed by atoms with Crippen LogP contribution in [0.3, 0.4) is 0 Å². The second kappa shape index (κ2) is 3.21. The zero-order valence-corrected chi connectivity index (χ0v) is 8.45. The number of hydrogen-bond acceptors (Lipinski definition) is 2. The summed E-state index contributed by atoms with van der Waals surface area (Å²) in [4.78, 5) is 11.3. The van der Waals surface area contributed by atoms with Crippen LogP contribution in [0.25, 0.3) is 0 Å². The van der Waals surface area contributed by atoms with Crippen molar-refractivity contribution in [2.45, 2.75) is 32.3 Å². The van der Waals surface area contributed by atoms with E-state index in [1.165, 1.54) is 5.56 Å². The molecule has 0 radical (unpaired) electrons. The molecular formula is C12H14O2. The maximum atomic E-state index is 11.3. The SMILES string of the molecule is CC(C)c1ccc2c(c1)C(O)C(=O)C2. The minimum atomic E-state index is -0.885. The molecule has 0 fully saturated rings. The highest BCUT2D eigenvalue weighted by atomic mass is 16.3. The van der Waals surface area contributed by atoms with Crippen LogP contribution < -0.4 is 0 Å². The summed E-state index contributed by atoms with van der Waals surface area (Å²) in [6.45, 7) is 4.20. The van der Waals surface area contributed by atoms with E-state index in [0.29, 0.717) is 12.3 Å². The lowest BCUT2D eigenvalue weighted by Gasteiger charge is -2.08. The summed E-state index contributed by atoms with van der Waals surface area (Å²) in [5.41, 5.74) is 2.96. The zero-order valence-electron chi connectivity index (χ0n) is 8.45. The lowest BCUT2D eigenvalue weighted by atomic mass is 9.98. The van der Waals surface area contributed by atoms with Crippen LogP contribution in [0.5, 0.6) is 0 Å². The highest BCUT2D eigenvalue weighted by Crippen LogP contribution is 2.30. The van der Waals surface area contributed by atoms with E-state index in [-0.39, 0.29) is 5.78 Å². The summed E-state index contributed by atoms with van der Waals surface area (Å²) < 4.78 is 0. The van der Waals surface area contributed by atoms with Crippen molar-refractivity contribution >= 4 is 5.78 Å². The van der Waals surface area contributed by atoms with E-state index < -0.39 is 6.10 Å². The maximum Gasteiger partial charge on any atom is 0.170 e. The topological polar surface area (TPSA) is 37.3 Å². The molecule has 1 N–H and O–H groups in total. The molecule has 1 aromatic carbocycles. The smallest absolute Gasteiger partial charge is 0.170 e. The molecule has 1 unspecified atom stereocenters. The predicted molar refractivity (Wildman–Crippen MR) is 54.2 cm³/mol. The molecule has 0 heterocycles. The Bertz CT molecular complexity index is 380. The van der Waals surface area contributed by atoms with Crippen LogP contribution in [0, 0.1) is 0 Å². The first kappa shape index (κ1) is 9.41. The van der Waals surface area contributed by atoms with Crippen molar-refractivity contribution in [2.24, 2.45) is 0 Å². The van der Waals surface area contributed by atoms with Crippen molar-refractivity contribution in [2.75, 3.05) is 0 Å². The highest BCUT2D eigenvalue weighted by Gasteiger charge is 2.28. The van der Waals surface area contributed by atoms with Gasteiger partial charge in [-0.15, -0.1) is 0 Å². The molecule has 0 amide bonds. The lowest BCUT2D eigenvalue weighted by molar-refractivity contribution is -0.125. The number of Topliss-reactive ketones (excluding diaryl/α,β-unsaturated/α-hetero) is 1. The molecule has 0 spiro atoms. The minimum Gasteiger partial charge on any atom is -0.381 e. The molecule has 0 aliphatic heterocycles. The number of benzene rings is 1. The first-order chi connectivity index (χ1) is 6.59. The van der Waals surface area contributed by atoms with Gasteiger partial charge in [0, 0.05) is 6.42 Å². The molecule has 0 saturated carbocycles.